The van der Waals surface area contributed by atoms with Crippen LogP contribution in [0.3, 0.4) is 0 Å². The van der Waals surface area contributed by atoms with Crippen molar-refractivity contribution in [3.05, 3.63) is 65.2 Å². The zero-order valence-electron chi connectivity index (χ0n) is 15.8. The summed E-state index contributed by atoms with van der Waals surface area (Å²) >= 11 is 0. The molecule has 1 aromatic heterocycles. The number of rotatable bonds is 4. The predicted octanol–water partition coefficient (Wildman–Crippen LogP) is 5.55. The van der Waals surface area contributed by atoms with E-state index in [0.29, 0.717) is 11.8 Å². The third kappa shape index (κ3) is 2.97. The molecule has 1 aliphatic rings. The molecule has 0 saturated heterocycles. The van der Waals surface area contributed by atoms with E-state index < -0.39 is 0 Å². The van der Waals surface area contributed by atoms with Crippen LogP contribution in [-0.4, -0.2) is 0 Å². The molecule has 0 fully saturated rings. The Bertz CT molecular complexity index is 934. The van der Waals surface area contributed by atoms with Gasteiger partial charge in [0.2, 0.25) is 11.2 Å². The monoisotopic (exact) mass is 330 g/mol. The minimum Gasteiger partial charge on any atom is -0.187 e. The summed E-state index contributed by atoms with van der Waals surface area (Å²) in [5.74, 6) is 1.37. The number of aromatic nitrogens is 1. The Hall–Kier alpha value is -2.15. The topological polar surface area (TPSA) is 3.88 Å². The fraction of sp³-hybridized carbons (Fsp3) is 0.375. The number of para-hydroxylation sites is 1. The predicted molar refractivity (Wildman–Crippen MR) is 106 cm³/mol. The average Bonchev–Trinajstić information content (AvgIpc) is 2.93. The molecule has 128 valence electrons. The van der Waals surface area contributed by atoms with Gasteiger partial charge in [-0.2, -0.15) is 4.57 Å². The fourth-order valence-electron chi connectivity index (χ4n) is 4.25. The van der Waals surface area contributed by atoms with Crippen molar-refractivity contribution in [1.29, 1.82) is 0 Å². The highest BCUT2D eigenvalue weighted by Gasteiger charge is 2.30. The first-order chi connectivity index (χ1) is 12.0. The van der Waals surface area contributed by atoms with E-state index >= 15 is 0 Å². The molecule has 3 aromatic rings. The zero-order valence-corrected chi connectivity index (χ0v) is 15.8. The third-order valence-electron chi connectivity index (χ3n) is 5.21. The highest BCUT2D eigenvalue weighted by molar-refractivity contribution is 5.79. The maximum Gasteiger partial charge on any atom is 0.213 e. The molecule has 0 spiro atoms. The lowest BCUT2D eigenvalue weighted by atomic mass is 9.90. The van der Waals surface area contributed by atoms with Crippen molar-refractivity contribution in [2.45, 2.75) is 47.1 Å². The van der Waals surface area contributed by atoms with Crippen LogP contribution >= 0.6 is 0 Å². The van der Waals surface area contributed by atoms with Crippen LogP contribution in [0.5, 0.6) is 0 Å². The molecule has 25 heavy (non-hydrogen) atoms. The van der Waals surface area contributed by atoms with Crippen LogP contribution in [0.1, 0.15) is 44.4 Å². The first-order valence-corrected chi connectivity index (χ1v) is 9.59. The van der Waals surface area contributed by atoms with Crippen molar-refractivity contribution in [3.8, 4) is 11.3 Å². The largest absolute Gasteiger partial charge is 0.213 e. The van der Waals surface area contributed by atoms with Crippen molar-refractivity contribution in [3.63, 3.8) is 0 Å². The fourth-order valence-corrected chi connectivity index (χ4v) is 4.25. The number of pyridine rings is 1. The van der Waals surface area contributed by atoms with Gasteiger partial charge in [-0.3, -0.25) is 0 Å². The average molecular weight is 330 g/mol. The van der Waals surface area contributed by atoms with Crippen molar-refractivity contribution in [1.82, 2.24) is 0 Å². The maximum atomic E-state index is 2.50. The molecule has 2 aromatic carbocycles. The molecule has 0 N–H and O–H groups in total. The summed E-state index contributed by atoms with van der Waals surface area (Å²) in [6, 6.07) is 18.3. The standard InChI is InChI=1S/C24H28N/c1-16(2)11-18-13-20(12-17(3)4)22-15-25-23-8-6-5-7-19(23)9-10-24(25)21(22)14-18/h5-10,13-14,16-17H,11-12,15H2,1-4H3/q+1. The summed E-state index contributed by atoms with van der Waals surface area (Å²) in [6.07, 6.45) is 2.33. The van der Waals surface area contributed by atoms with Crippen LogP contribution in [0, 0.1) is 11.8 Å². The summed E-state index contributed by atoms with van der Waals surface area (Å²) in [7, 11) is 0. The molecule has 0 bridgehead atoms. The molecule has 0 unspecified atom stereocenters. The first kappa shape index (κ1) is 16.3. The summed E-state index contributed by atoms with van der Waals surface area (Å²) < 4.78 is 2.50. The van der Waals surface area contributed by atoms with E-state index in [9.17, 15) is 0 Å². The number of nitrogens with zero attached hydrogens (tertiary/aromatic N) is 1. The number of hydrogen-bond donors (Lipinski definition) is 0. The van der Waals surface area contributed by atoms with Gasteiger partial charge in [-0.15, -0.1) is 0 Å². The lowest BCUT2D eigenvalue weighted by Gasteiger charge is -2.13. The van der Waals surface area contributed by atoms with Gasteiger partial charge >= 0.3 is 0 Å². The molecule has 0 radical (unpaired) electrons. The normalized spacial score (nSPS) is 12.9. The minimum absolute atomic E-state index is 0.684. The van der Waals surface area contributed by atoms with Crippen LogP contribution in [-0.2, 0) is 19.4 Å². The van der Waals surface area contributed by atoms with E-state index in [1.54, 1.807) is 5.56 Å². The summed E-state index contributed by atoms with van der Waals surface area (Å²) in [4.78, 5) is 0. The summed E-state index contributed by atoms with van der Waals surface area (Å²) in [5.41, 5.74) is 8.76. The molecular formula is C24H28N+. The second kappa shape index (κ2) is 6.29. The second-order valence-electron chi connectivity index (χ2n) is 8.34. The van der Waals surface area contributed by atoms with Gasteiger partial charge in [-0.25, -0.2) is 0 Å². The molecule has 0 aliphatic carbocycles. The molecule has 2 heterocycles. The quantitative estimate of drug-likeness (QED) is 0.432. The number of benzene rings is 2. The second-order valence-corrected chi connectivity index (χ2v) is 8.34. The van der Waals surface area contributed by atoms with Gasteiger partial charge in [0.15, 0.2) is 6.54 Å². The molecule has 0 amide bonds. The Morgan fingerprint density at radius 2 is 1.64 bits per heavy atom. The maximum absolute atomic E-state index is 2.50. The van der Waals surface area contributed by atoms with Gasteiger partial charge in [0, 0.05) is 23.1 Å². The third-order valence-corrected chi connectivity index (χ3v) is 5.21. The SMILES string of the molecule is CC(C)Cc1cc(CC(C)C)c2c(c1)-c1ccc3ccccc3[n+]1C2. The highest BCUT2D eigenvalue weighted by atomic mass is 15.0. The van der Waals surface area contributed by atoms with Gasteiger partial charge in [0.25, 0.3) is 0 Å². The van der Waals surface area contributed by atoms with E-state index in [1.807, 2.05) is 0 Å². The highest BCUT2D eigenvalue weighted by Crippen LogP contribution is 2.34. The number of fused-ring (bicyclic) bond motifs is 5. The van der Waals surface area contributed by atoms with E-state index in [1.165, 1.54) is 39.7 Å². The van der Waals surface area contributed by atoms with E-state index in [-0.39, 0.29) is 0 Å². The van der Waals surface area contributed by atoms with Crippen molar-refractivity contribution in [2.75, 3.05) is 0 Å². The molecule has 1 aliphatic heterocycles. The van der Waals surface area contributed by atoms with Gasteiger partial charge in [-0.1, -0.05) is 45.9 Å². The minimum atomic E-state index is 0.684. The van der Waals surface area contributed by atoms with Crippen LogP contribution in [0.2, 0.25) is 0 Å². The molecule has 0 atom stereocenters. The van der Waals surface area contributed by atoms with Crippen molar-refractivity contribution < 1.29 is 4.57 Å². The first-order valence-electron chi connectivity index (χ1n) is 9.59. The Kier molecular flexibility index (Phi) is 4.11. The van der Waals surface area contributed by atoms with E-state index in [4.69, 9.17) is 0 Å². The Labute approximate surface area is 151 Å². The number of hydrogen-bond acceptors (Lipinski definition) is 0. The lowest BCUT2D eigenvalue weighted by Crippen LogP contribution is -2.33. The van der Waals surface area contributed by atoms with Gasteiger partial charge in [0.1, 0.15) is 0 Å². The molecule has 4 rings (SSSR count). The summed E-state index contributed by atoms with van der Waals surface area (Å²) in [5, 5.41) is 1.33. The molecule has 1 heteroatoms. The van der Waals surface area contributed by atoms with Crippen LogP contribution < -0.4 is 4.57 Å². The van der Waals surface area contributed by atoms with Crippen LogP contribution in [0.4, 0.5) is 0 Å². The Morgan fingerprint density at radius 3 is 2.40 bits per heavy atom. The summed E-state index contributed by atoms with van der Waals surface area (Å²) in [6.45, 7) is 10.3. The van der Waals surface area contributed by atoms with Crippen molar-refractivity contribution in [2.24, 2.45) is 11.8 Å². The van der Waals surface area contributed by atoms with Gasteiger partial charge < -0.3 is 0 Å². The molecule has 1 nitrogen and oxygen atoms in total. The molecule has 0 saturated carbocycles. The van der Waals surface area contributed by atoms with Crippen LogP contribution in [0.25, 0.3) is 22.2 Å². The van der Waals surface area contributed by atoms with Gasteiger partial charge in [0.05, 0.1) is 5.56 Å². The van der Waals surface area contributed by atoms with E-state index in [2.05, 4.69) is 80.8 Å². The zero-order chi connectivity index (χ0) is 17.6. The van der Waals surface area contributed by atoms with Gasteiger partial charge in [-0.05, 0) is 54.0 Å². The van der Waals surface area contributed by atoms with E-state index in [0.717, 1.165) is 13.0 Å². The van der Waals surface area contributed by atoms with Crippen molar-refractivity contribution >= 4 is 10.9 Å². The van der Waals surface area contributed by atoms with Crippen LogP contribution in [0.15, 0.2) is 48.5 Å². The smallest absolute Gasteiger partial charge is 0.187 e. The molecular weight excluding hydrogens is 302 g/mol. The Balaban J connectivity index is 1.90. The Morgan fingerprint density at radius 1 is 0.880 bits per heavy atom. The lowest BCUT2D eigenvalue weighted by molar-refractivity contribution is -0.645.